The average Bonchev–Trinajstić information content (AvgIpc) is 2.54. The zero-order chi connectivity index (χ0) is 16.4. The molecule has 5 heteroatoms. The van der Waals surface area contributed by atoms with Crippen molar-refractivity contribution >= 4 is 48.5 Å². The second-order valence-electron chi connectivity index (χ2n) is 6.10. The Kier molecular flexibility index (Phi) is 5.27. The van der Waals surface area contributed by atoms with Gasteiger partial charge >= 0.3 is 0 Å². The zero-order valence-corrected chi connectivity index (χ0v) is 16.2. The SMILES string of the molecule is CC1CCN(C(=O)COc2ccc3cc(Br)ccc3c2Br)CC1. The van der Waals surface area contributed by atoms with E-state index in [1.165, 1.54) is 0 Å². The van der Waals surface area contributed by atoms with Gasteiger partial charge in [0.15, 0.2) is 6.61 Å². The third kappa shape index (κ3) is 3.89. The lowest BCUT2D eigenvalue weighted by molar-refractivity contribution is -0.134. The van der Waals surface area contributed by atoms with Crippen molar-refractivity contribution < 1.29 is 9.53 Å². The topological polar surface area (TPSA) is 29.5 Å². The molecule has 1 amide bonds. The molecule has 0 spiro atoms. The first-order valence-corrected chi connectivity index (χ1v) is 9.41. The summed E-state index contributed by atoms with van der Waals surface area (Å²) in [5.74, 6) is 1.49. The molecule has 2 aromatic rings. The maximum atomic E-state index is 12.3. The summed E-state index contributed by atoms with van der Waals surface area (Å²) in [6.07, 6.45) is 2.17. The fraction of sp³-hybridized carbons (Fsp3) is 0.389. The third-order valence-corrected chi connectivity index (χ3v) is 5.68. The molecule has 0 aromatic heterocycles. The van der Waals surface area contributed by atoms with Gasteiger partial charge in [0.2, 0.25) is 0 Å². The summed E-state index contributed by atoms with van der Waals surface area (Å²) in [5, 5.41) is 2.19. The van der Waals surface area contributed by atoms with Crippen LogP contribution in [0.15, 0.2) is 39.3 Å². The van der Waals surface area contributed by atoms with E-state index in [4.69, 9.17) is 4.74 Å². The smallest absolute Gasteiger partial charge is 0.260 e. The number of piperidine rings is 1. The number of benzene rings is 2. The highest BCUT2D eigenvalue weighted by Crippen LogP contribution is 2.34. The van der Waals surface area contributed by atoms with E-state index in [9.17, 15) is 4.79 Å². The zero-order valence-electron chi connectivity index (χ0n) is 13.0. The minimum Gasteiger partial charge on any atom is -0.483 e. The number of nitrogens with zero attached hydrogens (tertiary/aromatic N) is 1. The number of carbonyl (C=O) groups is 1. The largest absolute Gasteiger partial charge is 0.483 e. The normalized spacial score (nSPS) is 15.9. The van der Waals surface area contributed by atoms with Gasteiger partial charge in [-0.15, -0.1) is 0 Å². The Hall–Kier alpha value is -1.07. The molecule has 1 fully saturated rings. The molecule has 3 rings (SSSR count). The van der Waals surface area contributed by atoms with E-state index in [1.807, 2.05) is 29.2 Å². The maximum Gasteiger partial charge on any atom is 0.260 e. The van der Waals surface area contributed by atoms with Gasteiger partial charge in [0.1, 0.15) is 5.75 Å². The number of rotatable bonds is 3. The molecule has 1 saturated heterocycles. The van der Waals surface area contributed by atoms with E-state index >= 15 is 0 Å². The predicted molar refractivity (Wildman–Crippen MR) is 99.8 cm³/mol. The molecular formula is C18H19Br2NO2. The van der Waals surface area contributed by atoms with Crippen molar-refractivity contribution in [3.05, 3.63) is 39.3 Å². The summed E-state index contributed by atoms with van der Waals surface area (Å²) >= 11 is 7.07. The van der Waals surface area contributed by atoms with Crippen molar-refractivity contribution in [2.24, 2.45) is 5.92 Å². The lowest BCUT2D eigenvalue weighted by Gasteiger charge is -2.30. The standard InChI is InChI=1S/C18H19Br2NO2/c1-12-6-8-21(9-7-12)17(22)11-23-16-5-2-13-10-14(19)3-4-15(13)18(16)20/h2-5,10,12H,6-9,11H2,1H3. The lowest BCUT2D eigenvalue weighted by atomic mass is 9.99. The minimum absolute atomic E-state index is 0.0692. The van der Waals surface area contributed by atoms with Crippen molar-refractivity contribution in [1.82, 2.24) is 4.90 Å². The van der Waals surface area contributed by atoms with E-state index in [0.717, 1.165) is 45.6 Å². The van der Waals surface area contributed by atoms with Gasteiger partial charge in [0.25, 0.3) is 5.91 Å². The Morgan fingerprint density at radius 3 is 2.70 bits per heavy atom. The molecule has 2 aromatic carbocycles. The highest BCUT2D eigenvalue weighted by Gasteiger charge is 2.20. The fourth-order valence-corrected chi connectivity index (χ4v) is 3.83. The van der Waals surface area contributed by atoms with E-state index in [2.05, 4.69) is 44.8 Å². The molecule has 1 heterocycles. The number of halogens is 2. The summed E-state index contributed by atoms with van der Waals surface area (Å²) in [6, 6.07) is 10.0. The molecule has 3 nitrogen and oxygen atoms in total. The quantitative estimate of drug-likeness (QED) is 0.671. The Labute approximate surface area is 153 Å². The Morgan fingerprint density at radius 1 is 1.22 bits per heavy atom. The molecular weight excluding hydrogens is 422 g/mol. The highest BCUT2D eigenvalue weighted by atomic mass is 79.9. The average molecular weight is 441 g/mol. The highest BCUT2D eigenvalue weighted by molar-refractivity contribution is 9.11. The summed E-state index contributed by atoms with van der Waals surface area (Å²) in [4.78, 5) is 14.2. The van der Waals surface area contributed by atoms with Crippen LogP contribution in [0.25, 0.3) is 10.8 Å². The van der Waals surface area contributed by atoms with Crippen LogP contribution in [0.1, 0.15) is 19.8 Å². The van der Waals surface area contributed by atoms with Gasteiger partial charge in [0.05, 0.1) is 4.47 Å². The van der Waals surface area contributed by atoms with Gasteiger partial charge < -0.3 is 9.64 Å². The number of hydrogen-bond acceptors (Lipinski definition) is 2. The number of fused-ring (bicyclic) bond motifs is 1. The molecule has 0 atom stereocenters. The predicted octanol–water partition coefficient (Wildman–Crippen LogP) is 5.00. The lowest BCUT2D eigenvalue weighted by Crippen LogP contribution is -2.40. The molecule has 0 aliphatic carbocycles. The van der Waals surface area contributed by atoms with Crippen LogP contribution in [0.2, 0.25) is 0 Å². The van der Waals surface area contributed by atoms with Gasteiger partial charge in [-0.1, -0.05) is 35.0 Å². The Morgan fingerprint density at radius 2 is 1.96 bits per heavy atom. The second kappa shape index (κ2) is 7.22. The van der Waals surface area contributed by atoms with Crippen LogP contribution < -0.4 is 4.74 Å². The molecule has 0 radical (unpaired) electrons. The van der Waals surface area contributed by atoms with Gasteiger partial charge in [0, 0.05) is 17.6 Å². The summed E-state index contributed by atoms with van der Waals surface area (Å²) in [5.41, 5.74) is 0. The first-order chi connectivity index (χ1) is 11.0. The summed E-state index contributed by atoms with van der Waals surface area (Å²) in [6.45, 7) is 4.02. The third-order valence-electron chi connectivity index (χ3n) is 4.37. The molecule has 23 heavy (non-hydrogen) atoms. The van der Waals surface area contributed by atoms with Crippen LogP contribution in [0.3, 0.4) is 0 Å². The van der Waals surface area contributed by atoms with Crippen molar-refractivity contribution in [2.75, 3.05) is 19.7 Å². The van der Waals surface area contributed by atoms with Gasteiger partial charge in [-0.3, -0.25) is 4.79 Å². The monoisotopic (exact) mass is 439 g/mol. The van der Waals surface area contributed by atoms with E-state index in [-0.39, 0.29) is 12.5 Å². The van der Waals surface area contributed by atoms with Crippen LogP contribution in [-0.2, 0) is 4.79 Å². The van der Waals surface area contributed by atoms with Crippen LogP contribution in [0.4, 0.5) is 0 Å². The molecule has 0 bridgehead atoms. The van der Waals surface area contributed by atoms with Gasteiger partial charge in [-0.25, -0.2) is 0 Å². The number of carbonyl (C=O) groups excluding carboxylic acids is 1. The van der Waals surface area contributed by atoms with Crippen molar-refractivity contribution in [1.29, 1.82) is 0 Å². The van der Waals surface area contributed by atoms with Crippen molar-refractivity contribution in [3.8, 4) is 5.75 Å². The van der Waals surface area contributed by atoms with Gasteiger partial charge in [-0.05, 0) is 63.7 Å². The molecule has 0 N–H and O–H groups in total. The van der Waals surface area contributed by atoms with E-state index < -0.39 is 0 Å². The number of likely N-dealkylation sites (tertiary alicyclic amines) is 1. The first-order valence-electron chi connectivity index (χ1n) is 7.83. The van der Waals surface area contributed by atoms with Gasteiger partial charge in [-0.2, -0.15) is 0 Å². The minimum atomic E-state index is 0.0692. The molecule has 0 saturated carbocycles. The number of amides is 1. The van der Waals surface area contributed by atoms with Crippen molar-refractivity contribution in [3.63, 3.8) is 0 Å². The molecule has 1 aliphatic rings. The molecule has 122 valence electrons. The van der Waals surface area contributed by atoms with Crippen molar-refractivity contribution in [2.45, 2.75) is 19.8 Å². The van der Waals surface area contributed by atoms with E-state index in [1.54, 1.807) is 0 Å². The molecule has 1 aliphatic heterocycles. The van der Waals surface area contributed by atoms with Crippen LogP contribution in [0.5, 0.6) is 5.75 Å². The summed E-state index contributed by atoms with van der Waals surface area (Å²) < 4.78 is 7.70. The Bertz CT molecular complexity index is 724. The maximum absolute atomic E-state index is 12.3. The van der Waals surface area contributed by atoms with Crippen LogP contribution >= 0.6 is 31.9 Å². The van der Waals surface area contributed by atoms with Crippen LogP contribution in [-0.4, -0.2) is 30.5 Å². The summed E-state index contributed by atoms with van der Waals surface area (Å²) in [7, 11) is 0. The van der Waals surface area contributed by atoms with E-state index in [0.29, 0.717) is 11.7 Å². The Balaban J connectivity index is 1.68. The van der Waals surface area contributed by atoms with Crippen LogP contribution in [0, 0.1) is 5.92 Å². The number of hydrogen-bond donors (Lipinski definition) is 0. The molecule has 0 unspecified atom stereocenters. The first kappa shape index (κ1) is 16.8. The number of ether oxygens (including phenoxy) is 1. The second-order valence-corrected chi connectivity index (χ2v) is 7.80. The fourth-order valence-electron chi connectivity index (χ4n) is 2.84.